The van der Waals surface area contributed by atoms with Gasteiger partial charge in [0.2, 0.25) is 0 Å². The summed E-state index contributed by atoms with van der Waals surface area (Å²) in [5, 5.41) is 1.07. The number of rotatable bonds is 4. The Morgan fingerprint density at radius 2 is 1.89 bits per heavy atom. The van der Waals surface area contributed by atoms with Gasteiger partial charge in [0.1, 0.15) is 5.75 Å². The molecule has 0 amide bonds. The first kappa shape index (κ1) is 14.0. The second kappa shape index (κ2) is 5.72. The highest BCUT2D eigenvalue weighted by Gasteiger charge is 2.16. The molecule has 2 rings (SSSR count). The molecule has 0 saturated carbocycles. The van der Waals surface area contributed by atoms with E-state index in [2.05, 4.69) is 31.0 Å². The van der Waals surface area contributed by atoms with Gasteiger partial charge in [-0.2, -0.15) is 0 Å². The number of methoxy groups -OCH3 is 1. The summed E-state index contributed by atoms with van der Waals surface area (Å²) in [5.74, 6) is 0.881. The van der Waals surface area contributed by atoms with Gasteiger partial charge in [-0.15, -0.1) is 11.3 Å². The molecule has 0 radical (unpaired) electrons. The lowest BCUT2D eigenvalue weighted by Crippen LogP contribution is -2.02. The Kier molecular flexibility index (Phi) is 4.22. The summed E-state index contributed by atoms with van der Waals surface area (Å²) in [4.78, 5) is 5.90. The molecule has 0 aliphatic heterocycles. The van der Waals surface area contributed by atoms with Gasteiger partial charge in [-0.05, 0) is 57.0 Å². The molecule has 1 heterocycles. The summed E-state index contributed by atoms with van der Waals surface area (Å²) in [6.45, 7) is 6.87. The van der Waals surface area contributed by atoms with Gasteiger partial charge in [0.05, 0.1) is 17.8 Å². The van der Waals surface area contributed by atoms with Gasteiger partial charge < -0.3 is 10.5 Å². The fraction of sp³-hybridized carbons (Fsp3) is 0.400. The van der Waals surface area contributed by atoms with Crippen molar-refractivity contribution in [1.82, 2.24) is 4.98 Å². The molecule has 19 heavy (non-hydrogen) atoms. The van der Waals surface area contributed by atoms with Crippen molar-refractivity contribution < 1.29 is 4.74 Å². The minimum atomic E-state index is 0.641. The zero-order valence-corrected chi connectivity index (χ0v) is 12.7. The average Bonchev–Trinajstić information content (AvgIpc) is 2.73. The van der Waals surface area contributed by atoms with E-state index < -0.39 is 0 Å². The van der Waals surface area contributed by atoms with Crippen molar-refractivity contribution in [2.75, 3.05) is 13.7 Å². The molecule has 0 aliphatic carbocycles. The quantitative estimate of drug-likeness (QED) is 0.932. The number of thiazole rings is 1. The first-order valence-corrected chi connectivity index (χ1v) is 7.20. The molecule has 0 unspecified atom stereocenters. The summed E-state index contributed by atoms with van der Waals surface area (Å²) in [6, 6.07) is 4.23. The maximum absolute atomic E-state index is 5.69. The fourth-order valence-corrected chi connectivity index (χ4v) is 3.09. The highest BCUT2D eigenvalue weighted by molar-refractivity contribution is 7.12. The number of aryl methyl sites for hydroxylation is 3. The molecule has 0 fully saturated rings. The van der Waals surface area contributed by atoms with Crippen LogP contribution in [-0.4, -0.2) is 18.6 Å². The molecule has 0 aliphatic rings. The number of aromatic nitrogens is 1. The van der Waals surface area contributed by atoms with Crippen molar-refractivity contribution in [1.29, 1.82) is 0 Å². The summed E-state index contributed by atoms with van der Waals surface area (Å²) >= 11 is 1.72. The first-order valence-electron chi connectivity index (χ1n) is 6.38. The molecule has 0 atom stereocenters. The zero-order chi connectivity index (χ0) is 14.0. The van der Waals surface area contributed by atoms with E-state index in [-0.39, 0.29) is 0 Å². The van der Waals surface area contributed by atoms with Crippen LogP contribution in [0.1, 0.15) is 21.0 Å². The molecule has 0 bridgehead atoms. The van der Waals surface area contributed by atoms with Crippen LogP contribution in [0, 0.1) is 20.8 Å². The maximum atomic E-state index is 5.69. The molecule has 2 aromatic rings. The standard InChI is InChI=1S/C15H20N2OS/c1-9-7-12(13(18-4)8-10(9)2)15-14(5-6-16)19-11(3)17-15/h7-8H,5-6,16H2,1-4H3. The Hall–Kier alpha value is -1.39. The summed E-state index contributed by atoms with van der Waals surface area (Å²) in [5.41, 5.74) is 10.3. The largest absolute Gasteiger partial charge is 0.496 e. The Bertz CT molecular complexity index is 590. The number of nitrogens with zero attached hydrogens (tertiary/aromatic N) is 1. The predicted molar refractivity (Wildman–Crippen MR) is 81.1 cm³/mol. The number of hydrogen-bond acceptors (Lipinski definition) is 4. The Morgan fingerprint density at radius 1 is 1.21 bits per heavy atom. The second-order valence-electron chi connectivity index (χ2n) is 4.68. The van der Waals surface area contributed by atoms with Gasteiger partial charge >= 0.3 is 0 Å². The summed E-state index contributed by atoms with van der Waals surface area (Å²) in [7, 11) is 1.70. The highest BCUT2D eigenvalue weighted by Crippen LogP contribution is 2.36. The van der Waals surface area contributed by atoms with Gasteiger partial charge in [-0.1, -0.05) is 0 Å². The molecular formula is C15H20N2OS. The SMILES string of the molecule is COc1cc(C)c(C)cc1-c1nc(C)sc1CCN. The zero-order valence-electron chi connectivity index (χ0n) is 11.9. The molecule has 0 saturated heterocycles. The van der Waals surface area contributed by atoms with E-state index in [4.69, 9.17) is 10.5 Å². The van der Waals surface area contributed by atoms with Crippen molar-refractivity contribution >= 4 is 11.3 Å². The molecule has 2 N–H and O–H groups in total. The van der Waals surface area contributed by atoms with Crippen molar-refractivity contribution in [2.45, 2.75) is 27.2 Å². The molecule has 0 spiro atoms. The van der Waals surface area contributed by atoms with Crippen LogP contribution >= 0.6 is 11.3 Å². The molecule has 4 heteroatoms. The minimum absolute atomic E-state index is 0.641. The van der Waals surface area contributed by atoms with E-state index in [9.17, 15) is 0 Å². The number of benzene rings is 1. The fourth-order valence-electron chi connectivity index (χ4n) is 2.12. The molecule has 102 valence electrons. The van der Waals surface area contributed by atoms with Crippen molar-refractivity contribution in [2.24, 2.45) is 5.73 Å². The molecule has 3 nitrogen and oxygen atoms in total. The van der Waals surface area contributed by atoms with E-state index in [1.54, 1.807) is 18.4 Å². The smallest absolute Gasteiger partial charge is 0.128 e. The Balaban J connectivity index is 2.60. The lowest BCUT2D eigenvalue weighted by atomic mass is 10.0. The maximum Gasteiger partial charge on any atom is 0.128 e. The monoisotopic (exact) mass is 276 g/mol. The van der Waals surface area contributed by atoms with Crippen LogP contribution in [0.4, 0.5) is 0 Å². The summed E-state index contributed by atoms with van der Waals surface area (Å²) < 4.78 is 5.51. The van der Waals surface area contributed by atoms with E-state index in [0.717, 1.165) is 28.4 Å². The van der Waals surface area contributed by atoms with E-state index in [1.165, 1.54) is 16.0 Å². The van der Waals surface area contributed by atoms with Gasteiger partial charge in [0.15, 0.2) is 0 Å². The van der Waals surface area contributed by atoms with Gasteiger partial charge in [-0.25, -0.2) is 4.98 Å². The van der Waals surface area contributed by atoms with Gasteiger partial charge in [-0.3, -0.25) is 0 Å². The van der Waals surface area contributed by atoms with E-state index >= 15 is 0 Å². The second-order valence-corrected chi connectivity index (χ2v) is 5.97. The van der Waals surface area contributed by atoms with Crippen LogP contribution in [0.15, 0.2) is 12.1 Å². The third-order valence-corrected chi connectivity index (χ3v) is 4.28. The normalized spacial score (nSPS) is 10.8. The van der Waals surface area contributed by atoms with Crippen molar-refractivity contribution in [3.8, 4) is 17.0 Å². The molecular weight excluding hydrogens is 256 g/mol. The highest BCUT2D eigenvalue weighted by atomic mass is 32.1. The number of nitrogens with two attached hydrogens (primary N) is 1. The van der Waals surface area contributed by atoms with Gasteiger partial charge in [0, 0.05) is 10.4 Å². The van der Waals surface area contributed by atoms with E-state index in [0.29, 0.717) is 6.54 Å². The Morgan fingerprint density at radius 3 is 2.53 bits per heavy atom. The third kappa shape index (κ3) is 2.80. The number of hydrogen-bond donors (Lipinski definition) is 1. The minimum Gasteiger partial charge on any atom is -0.496 e. The molecule has 1 aromatic heterocycles. The molecule has 1 aromatic carbocycles. The van der Waals surface area contributed by atoms with Crippen LogP contribution < -0.4 is 10.5 Å². The van der Waals surface area contributed by atoms with Crippen LogP contribution in [0.3, 0.4) is 0 Å². The van der Waals surface area contributed by atoms with E-state index in [1.807, 2.05) is 6.92 Å². The average molecular weight is 276 g/mol. The summed E-state index contributed by atoms with van der Waals surface area (Å²) in [6.07, 6.45) is 0.858. The Labute approximate surface area is 118 Å². The van der Waals surface area contributed by atoms with Crippen LogP contribution in [0.25, 0.3) is 11.3 Å². The van der Waals surface area contributed by atoms with Crippen LogP contribution in [0.5, 0.6) is 5.75 Å². The van der Waals surface area contributed by atoms with Crippen LogP contribution in [-0.2, 0) is 6.42 Å². The first-order chi connectivity index (χ1) is 9.06. The lowest BCUT2D eigenvalue weighted by molar-refractivity contribution is 0.416. The lowest BCUT2D eigenvalue weighted by Gasteiger charge is -2.11. The van der Waals surface area contributed by atoms with Crippen molar-refractivity contribution in [3.63, 3.8) is 0 Å². The van der Waals surface area contributed by atoms with Crippen molar-refractivity contribution in [3.05, 3.63) is 33.1 Å². The van der Waals surface area contributed by atoms with Crippen LogP contribution in [0.2, 0.25) is 0 Å². The predicted octanol–water partition coefficient (Wildman–Crippen LogP) is 3.25. The number of ether oxygens (including phenoxy) is 1. The topological polar surface area (TPSA) is 48.1 Å². The van der Waals surface area contributed by atoms with Gasteiger partial charge in [0.25, 0.3) is 0 Å². The third-order valence-electron chi connectivity index (χ3n) is 3.25.